The maximum absolute atomic E-state index is 2.46. The fourth-order valence-electron chi connectivity index (χ4n) is 7.11. The summed E-state index contributed by atoms with van der Waals surface area (Å²) in [5, 5.41) is 0. The van der Waals surface area contributed by atoms with Gasteiger partial charge < -0.3 is 0 Å². The molecule has 0 nitrogen and oxygen atoms in total. The summed E-state index contributed by atoms with van der Waals surface area (Å²) in [5.74, 6) is 6.12. The Bertz CT molecular complexity index is 575. The highest BCUT2D eigenvalue weighted by molar-refractivity contribution is 5.26. The second-order valence-corrected chi connectivity index (χ2v) is 11.2. The van der Waals surface area contributed by atoms with Gasteiger partial charge in [-0.2, -0.15) is 0 Å². The molecule has 3 fully saturated rings. The minimum atomic E-state index is 0.840. The summed E-state index contributed by atoms with van der Waals surface area (Å²) in [4.78, 5) is 0. The molecule has 0 spiro atoms. The lowest BCUT2D eigenvalue weighted by molar-refractivity contribution is 0.112. The molecule has 4 rings (SSSR count). The Kier molecular flexibility index (Phi) is 7.77. The predicted molar refractivity (Wildman–Crippen MR) is 126 cm³/mol. The van der Waals surface area contributed by atoms with Crippen molar-refractivity contribution in [3.05, 3.63) is 35.4 Å². The molecule has 3 saturated carbocycles. The maximum atomic E-state index is 2.46. The molecular formula is C29H46. The van der Waals surface area contributed by atoms with Crippen LogP contribution in [0.5, 0.6) is 0 Å². The second-order valence-electron chi connectivity index (χ2n) is 11.2. The number of benzene rings is 1. The Balaban J connectivity index is 1.20. The Morgan fingerprint density at radius 3 is 1.55 bits per heavy atom. The third-order valence-electron chi connectivity index (χ3n) is 9.25. The van der Waals surface area contributed by atoms with E-state index in [1.54, 1.807) is 44.1 Å². The van der Waals surface area contributed by atoms with E-state index in [0.29, 0.717) is 0 Å². The molecular weight excluding hydrogens is 348 g/mol. The lowest BCUT2D eigenvalue weighted by atomic mass is 9.65. The third kappa shape index (κ3) is 5.68. The summed E-state index contributed by atoms with van der Waals surface area (Å²) in [7, 11) is 0. The molecule has 0 amide bonds. The number of aryl methyl sites for hydroxylation is 1. The summed E-state index contributed by atoms with van der Waals surface area (Å²) in [6, 6.07) is 9.72. The highest BCUT2D eigenvalue weighted by Gasteiger charge is 2.34. The van der Waals surface area contributed by atoms with Gasteiger partial charge >= 0.3 is 0 Å². The highest BCUT2D eigenvalue weighted by Crippen LogP contribution is 2.47. The molecule has 0 heterocycles. The Morgan fingerprint density at radius 1 is 0.621 bits per heavy atom. The van der Waals surface area contributed by atoms with Crippen molar-refractivity contribution in [2.75, 3.05) is 0 Å². The van der Waals surface area contributed by atoms with Crippen LogP contribution in [0, 0.1) is 29.6 Å². The zero-order valence-corrected chi connectivity index (χ0v) is 19.4. The van der Waals surface area contributed by atoms with Crippen LogP contribution in [-0.2, 0) is 6.42 Å². The molecule has 0 aromatic heterocycles. The van der Waals surface area contributed by atoms with Crippen LogP contribution < -0.4 is 0 Å². The SMILES string of the molecule is CCCCc1ccc(C2CCC(C3CCC(C4CCC(C)CC4)CC3)CC2)cc1. The van der Waals surface area contributed by atoms with Crippen LogP contribution in [0.1, 0.15) is 121 Å². The van der Waals surface area contributed by atoms with E-state index in [1.807, 2.05) is 0 Å². The van der Waals surface area contributed by atoms with Gasteiger partial charge in [0, 0.05) is 0 Å². The van der Waals surface area contributed by atoms with Gasteiger partial charge in [0.15, 0.2) is 0 Å². The number of hydrogen-bond acceptors (Lipinski definition) is 0. The number of rotatable bonds is 6. The molecule has 3 aliphatic carbocycles. The third-order valence-corrected chi connectivity index (χ3v) is 9.25. The van der Waals surface area contributed by atoms with Crippen LogP contribution >= 0.6 is 0 Å². The number of hydrogen-bond donors (Lipinski definition) is 0. The van der Waals surface area contributed by atoms with E-state index in [9.17, 15) is 0 Å². The Hall–Kier alpha value is -0.780. The van der Waals surface area contributed by atoms with Crippen molar-refractivity contribution in [1.82, 2.24) is 0 Å². The van der Waals surface area contributed by atoms with Gasteiger partial charge in [-0.1, -0.05) is 57.4 Å². The van der Waals surface area contributed by atoms with E-state index in [1.165, 1.54) is 63.4 Å². The van der Waals surface area contributed by atoms with E-state index < -0.39 is 0 Å². The first-order valence-corrected chi connectivity index (χ1v) is 13.3. The summed E-state index contributed by atoms with van der Waals surface area (Å²) in [6.45, 7) is 4.75. The highest BCUT2D eigenvalue weighted by atomic mass is 14.4. The molecule has 3 aliphatic rings. The molecule has 0 unspecified atom stereocenters. The van der Waals surface area contributed by atoms with Crippen LogP contribution in [0.4, 0.5) is 0 Å². The van der Waals surface area contributed by atoms with E-state index in [0.717, 1.165) is 35.5 Å². The minimum Gasteiger partial charge on any atom is -0.0654 e. The Labute approximate surface area is 181 Å². The average molecular weight is 395 g/mol. The number of unbranched alkanes of at least 4 members (excludes halogenated alkanes) is 1. The molecule has 29 heavy (non-hydrogen) atoms. The molecule has 1 aromatic rings. The van der Waals surface area contributed by atoms with E-state index >= 15 is 0 Å². The monoisotopic (exact) mass is 394 g/mol. The van der Waals surface area contributed by atoms with Gasteiger partial charge in [-0.3, -0.25) is 0 Å². The van der Waals surface area contributed by atoms with Gasteiger partial charge in [-0.15, -0.1) is 0 Å². The first kappa shape index (κ1) is 21.5. The zero-order chi connectivity index (χ0) is 20.1. The van der Waals surface area contributed by atoms with Gasteiger partial charge in [-0.25, -0.2) is 0 Å². The van der Waals surface area contributed by atoms with E-state index in [-0.39, 0.29) is 0 Å². The smallest absolute Gasteiger partial charge is 0.0162 e. The molecule has 162 valence electrons. The van der Waals surface area contributed by atoms with Gasteiger partial charge in [0.1, 0.15) is 0 Å². The topological polar surface area (TPSA) is 0 Å². The summed E-state index contributed by atoms with van der Waals surface area (Å²) < 4.78 is 0. The molecule has 0 aliphatic heterocycles. The van der Waals surface area contributed by atoms with Crippen LogP contribution in [0.25, 0.3) is 0 Å². The molecule has 0 heteroatoms. The van der Waals surface area contributed by atoms with Crippen molar-refractivity contribution in [2.45, 2.75) is 116 Å². The van der Waals surface area contributed by atoms with Gasteiger partial charge in [0.05, 0.1) is 0 Å². The quantitative estimate of drug-likeness (QED) is 0.451. The lowest BCUT2D eigenvalue weighted by Crippen LogP contribution is -2.29. The minimum absolute atomic E-state index is 0.840. The summed E-state index contributed by atoms with van der Waals surface area (Å²) in [6.07, 6.45) is 22.1. The van der Waals surface area contributed by atoms with Gasteiger partial charge in [0.2, 0.25) is 0 Å². The molecule has 0 bridgehead atoms. The van der Waals surface area contributed by atoms with E-state index in [4.69, 9.17) is 0 Å². The zero-order valence-electron chi connectivity index (χ0n) is 19.4. The molecule has 0 N–H and O–H groups in total. The van der Waals surface area contributed by atoms with Crippen molar-refractivity contribution in [3.63, 3.8) is 0 Å². The van der Waals surface area contributed by atoms with Gasteiger partial charge in [0.25, 0.3) is 0 Å². The normalized spacial score (nSPS) is 36.1. The fourth-order valence-corrected chi connectivity index (χ4v) is 7.11. The standard InChI is InChI=1S/C29H46/c1-3-4-5-23-8-12-25(13-9-23)27-16-20-29(21-17-27)28-18-14-26(15-19-28)24-10-6-22(2)7-11-24/h8-9,12-13,22,24,26-29H,3-7,10-11,14-21H2,1-2H3. The maximum Gasteiger partial charge on any atom is -0.0162 e. The summed E-state index contributed by atoms with van der Waals surface area (Å²) >= 11 is 0. The van der Waals surface area contributed by atoms with Gasteiger partial charge in [-0.05, 0) is 124 Å². The largest absolute Gasteiger partial charge is 0.0654 e. The van der Waals surface area contributed by atoms with E-state index in [2.05, 4.69) is 38.1 Å². The van der Waals surface area contributed by atoms with Crippen LogP contribution in [0.2, 0.25) is 0 Å². The van der Waals surface area contributed by atoms with Crippen molar-refractivity contribution < 1.29 is 0 Å². The first-order valence-electron chi connectivity index (χ1n) is 13.3. The fraction of sp³-hybridized carbons (Fsp3) is 0.793. The first-order chi connectivity index (χ1) is 14.2. The van der Waals surface area contributed by atoms with Crippen LogP contribution in [-0.4, -0.2) is 0 Å². The molecule has 0 atom stereocenters. The summed E-state index contributed by atoms with van der Waals surface area (Å²) in [5.41, 5.74) is 3.16. The van der Waals surface area contributed by atoms with Crippen molar-refractivity contribution in [2.24, 2.45) is 29.6 Å². The van der Waals surface area contributed by atoms with Crippen LogP contribution in [0.15, 0.2) is 24.3 Å². The second kappa shape index (κ2) is 10.5. The average Bonchev–Trinajstić information content (AvgIpc) is 2.79. The Morgan fingerprint density at radius 2 is 1.07 bits per heavy atom. The lowest BCUT2D eigenvalue weighted by Gasteiger charge is -2.41. The molecule has 0 radical (unpaired) electrons. The van der Waals surface area contributed by atoms with Crippen molar-refractivity contribution >= 4 is 0 Å². The van der Waals surface area contributed by atoms with Crippen molar-refractivity contribution in [1.29, 1.82) is 0 Å². The predicted octanol–water partition coefficient (Wildman–Crippen LogP) is 8.94. The van der Waals surface area contributed by atoms with Crippen LogP contribution in [0.3, 0.4) is 0 Å². The molecule has 0 saturated heterocycles. The molecule has 1 aromatic carbocycles. The van der Waals surface area contributed by atoms with Crippen molar-refractivity contribution in [3.8, 4) is 0 Å².